The summed E-state index contributed by atoms with van der Waals surface area (Å²) in [5.41, 5.74) is 1.08. The zero-order valence-electron chi connectivity index (χ0n) is 12.1. The Morgan fingerprint density at radius 1 is 1.32 bits per heavy atom. The topological polar surface area (TPSA) is 21.3 Å². The molecule has 3 heteroatoms. The maximum atomic E-state index is 13.2. The van der Waals surface area contributed by atoms with Crippen LogP contribution in [0.1, 0.15) is 32.3 Å². The van der Waals surface area contributed by atoms with E-state index in [1.54, 1.807) is 12.1 Å². The van der Waals surface area contributed by atoms with E-state index < -0.39 is 0 Å². The Kier molecular flexibility index (Phi) is 8.43. The lowest BCUT2D eigenvalue weighted by atomic mass is 9.94. The molecule has 0 aliphatic rings. The van der Waals surface area contributed by atoms with Crippen LogP contribution >= 0.6 is 0 Å². The highest BCUT2D eigenvalue weighted by Gasteiger charge is 2.09. The van der Waals surface area contributed by atoms with Crippen molar-refractivity contribution >= 4 is 0 Å². The average molecular weight is 267 g/mol. The van der Waals surface area contributed by atoms with E-state index in [1.165, 1.54) is 6.07 Å². The Hall–Kier alpha value is -0.930. The molecule has 0 fully saturated rings. The third-order valence-corrected chi connectivity index (χ3v) is 3.20. The summed E-state index contributed by atoms with van der Waals surface area (Å²) in [5.74, 6) is 0.399. The van der Waals surface area contributed by atoms with Crippen molar-refractivity contribution in [2.45, 2.75) is 33.1 Å². The van der Waals surface area contributed by atoms with Gasteiger partial charge in [-0.25, -0.2) is 4.39 Å². The van der Waals surface area contributed by atoms with Gasteiger partial charge in [-0.15, -0.1) is 0 Å². The van der Waals surface area contributed by atoms with Crippen LogP contribution in [0, 0.1) is 11.7 Å². The molecule has 2 nitrogen and oxygen atoms in total. The van der Waals surface area contributed by atoms with Gasteiger partial charge in [0, 0.05) is 13.2 Å². The number of rotatable bonds is 10. The number of nitrogens with one attached hydrogen (secondary N) is 1. The molecule has 0 amide bonds. The average Bonchev–Trinajstić information content (AvgIpc) is 2.40. The third-order valence-electron chi connectivity index (χ3n) is 3.20. The number of halogens is 1. The first-order valence-corrected chi connectivity index (χ1v) is 7.29. The van der Waals surface area contributed by atoms with Gasteiger partial charge in [-0.05, 0) is 62.9 Å². The first-order chi connectivity index (χ1) is 9.26. The molecule has 1 N–H and O–H groups in total. The minimum absolute atomic E-state index is 0.144. The van der Waals surface area contributed by atoms with Crippen LogP contribution in [0.5, 0.6) is 0 Å². The smallest absolute Gasteiger partial charge is 0.123 e. The van der Waals surface area contributed by atoms with Crippen LogP contribution < -0.4 is 5.32 Å². The van der Waals surface area contributed by atoms with Gasteiger partial charge in [-0.3, -0.25) is 0 Å². The summed E-state index contributed by atoms with van der Waals surface area (Å²) in [6.07, 6.45) is 3.11. The van der Waals surface area contributed by atoms with Gasteiger partial charge in [0.25, 0.3) is 0 Å². The molecule has 1 aromatic rings. The molecule has 1 rings (SSSR count). The van der Waals surface area contributed by atoms with E-state index in [9.17, 15) is 4.39 Å². The van der Waals surface area contributed by atoms with Crippen LogP contribution in [0.4, 0.5) is 4.39 Å². The maximum Gasteiger partial charge on any atom is 0.123 e. The van der Waals surface area contributed by atoms with E-state index in [-0.39, 0.29) is 5.82 Å². The van der Waals surface area contributed by atoms with Crippen molar-refractivity contribution in [3.8, 4) is 0 Å². The molecule has 0 spiro atoms. The molecular weight excluding hydrogens is 241 g/mol. The Labute approximate surface area is 116 Å². The molecule has 0 saturated heterocycles. The summed E-state index contributed by atoms with van der Waals surface area (Å²) in [6.45, 7) is 7.69. The highest BCUT2D eigenvalue weighted by atomic mass is 19.1. The lowest BCUT2D eigenvalue weighted by molar-refractivity contribution is 0.139. The van der Waals surface area contributed by atoms with Crippen molar-refractivity contribution in [1.29, 1.82) is 0 Å². The second-order valence-electron chi connectivity index (χ2n) is 4.85. The number of hydrogen-bond acceptors (Lipinski definition) is 2. The van der Waals surface area contributed by atoms with Crippen molar-refractivity contribution in [2.24, 2.45) is 5.92 Å². The molecule has 0 aromatic heterocycles. The monoisotopic (exact) mass is 267 g/mol. The van der Waals surface area contributed by atoms with Gasteiger partial charge in [0.05, 0.1) is 0 Å². The molecule has 0 saturated carbocycles. The Bertz CT molecular complexity index is 343. The van der Waals surface area contributed by atoms with Crippen molar-refractivity contribution in [1.82, 2.24) is 5.32 Å². The number of benzene rings is 1. The molecule has 0 heterocycles. The zero-order chi connectivity index (χ0) is 13.9. The van der Waals surface area contributed by atoms with Gasteiger partial charge in [0.1, 0.15) is 5.82 Å². The predicted molar refractivity (Wildman–Crippen MR) is 77.9 cm³/mol. The molecule has 0 aliphatic carbocycles. The van der Waals surface area contributed by atoms with Crippen LogP contribution in [0.2, 0.25) is 0 Å². The minimum Gasteiger partial charge on any atom is -0.382 e. The van der Waals surface area contributed by atoms with Gasteiger partial charge in [-0.1, -0.05) is 19.1 Å². The summed E-state index contributed by atoms with van der Waals surface area (Å²) in [6, 6.07) is 6.93. The van der Waals surface area contributed by atoms with Crippen LogP contribution in [0.15, 0.2) is 24.3 Å². The largest absolute Gasteiger partial charge is 0.382 e. The van der Waals surface area contributed by atoms with Gasteiger partial charge in [-0.2, -0.15) is 0 Å². The molecule has 1 atom stereocenters. The third kappa shape index (κ3) is 7.28. The summed E-state index contributed by atoms with van der Waals surface area (Å²) in [4.78, 5) is 0. The number of hydrogen-bond donors (Lipinski definition) is 1. The highest BCUT2D eigenvalue weighted by Crippen LogP contribution is 2.15. The fourth-order valence-corrected chi connectivity index (χ4v) is 2.24. The molecule has 0 bridgehead atoms. The Morgan fingerprint density at radius 2 is 2.16 bits per heavy atom. The Balaban J connectivity index is 2.43. The van der Waals surface area contributed by atoms with Crippen LogP contribution in [-0.2, 0) is 11.2 Å². The molecular formula is C16H26FNO. The molecule has 0 aliphatic heterocycles. The van der Waals surface area contributed by atoms with Gasteiger partial charge in [0.15, 0.2) is 0 Å². The summed E-state index contributed by atoms with van der Waals surface area (Å²) in [5, 5.41) is 3.39. The normalized spacial score (nSPS) is 12.6. The second-order valence-corrected chi connectivity index (χ2v) is 4.85. The van der Waals surface area contributed by atoms with Crippen molar-refractivity contribution in [3.05, 3.63) is 35.6 Å². The standard InChI is InChI=1S/C16H26FNO/c1-3-18-13-15(8-6-10-19-4-2)11-14-7-5-9-16(17)12-14/h5,7,9,12,15,18H,3-4,6,8,10-11,13H2,1-2H3. The summed E-state index contributed by atoms with van der Waals surface area (Å²) >= 11 is 0. The van der Waals surface area contributed by atoms with Crippen molar-refractivity contribution in [3.63, 3.8) is 0 Å². The van der Waals surface area contributed by atoms with Crippen molar-refractivity contribution < 1.29 is 9.13 Å². The van der Waals surface area contributed by atoms with E-state index in [2.05, 4.69) is 12.2 Å². The first kappa shape index (κ1) is 16.1. The first-order valence-electron chi connectivity index (χ1n) is 7.29. The molecule has 108 valence electrons. The minimum atomic E-state index is -0.144. The second kappa shape index (κ2) is 9.93. The van der Waals surface area contributed by atoms with Crippen LogP contribution in [-0.4, -0.2) is 26.3 Å². The van der Waals surface area contributed by atoms with Gasteiger partial charge in [0.2, 0.25) is 0 Å². The van der Waals surface area contributed by atoms with Gasteiger partial charge < -0.3 is 10.1 Å². The maximum absolute atomic E-state index is 13.2. The zero-order valence-corrected chi connectivity index (χ0v) is 12.1. The summed E-state index contributed by atoms with van der Waals surface area (Å²) in [7, 11) is 0. The lowest BCUT2D eigenvalue weighted by Gasteiger charge is -2.17. The predicted octanol–water partition coefficient (Wildman–Crippen LogP) is 3.41. The van der Waals surface area contributed by atoms with E-state index in [4.69, 9.17) is 4.74 Å². The van der Waals surface area contributed by atoms with E-state index >= 15 is 0 Å². The van der Waals surface area contributed by atoms with E-state index in [0.29, 0.717) is 5.92 Å². The van der Waals surface area contributed by atoms with Crippen molar-refractivity contribution in [2.75, 3.05) is 26.3 Å². The SMILES string of the molecule is CCNCC(CCCOCC)Cc1cccc(F)c1. The van der Waals surface area contributed by atoms with E-state index in [0.717, 1.165) is 51.1 Å². The fourth-order valence-electron chi connectivity index (χ4n) is 2.24. The molecule has 19 heavy (non-hydrogen) atoms. The van der Waals surface area contributed by atoms with Crippen LogP contribution in [0.25, 0.3) is 0 Å². The van der Waals surface area contributed by atoms with Gasteiger partial charge >= 0.3 is 0 Å². The molecule has 1 unspecified atom stereocenters. The molecule has 1 aromatic carbocycles. The molecule has 0 radical (unpaired) electrons. The lowest BCUT2D eigenvalue weighted by Crippen LogP contribution is -2.24. The van der Waals surface area contributed by atoms with Crippen LogP contribution in [0.3, 0.4) is 0 Å². The Morgan fingerprint density at radius 3 is 2.84 bits per heavy atom. The highest BCUT2D eigenvalue weighted by molar-refractivity contribution is 5.16. The quantitative estimate of drug-likeness (QED) is 0.656. The summed E-state index contributed by atoms with van der Waals surface area (Å²) < 4.78 is 18.6. The number of ether oxygens (including phenoxy) is 1. The fraction of sp³-hybridized carbons (Fsp3) is 0.625. The van der Waals surface area contributed by atoms with E-state index in [1.807, 2.05) is 13.0 Å².